The molecule has 0 spiro atoms. The predicted octanol–water partition coefficient (Wildman–Crippen LogP) is 3.84. The number of hydrogen-bond acceptors (Lipinski definition) is 2. The van der Waals surface area contributed by atoms with Gasteiger partial charge in [-0.05, 0) is 26.2 Å². The lowest BCUT2D eigenvalue weighted by Gasteiger charge is -1.97. The molecule has 15 heavy (non-hydrogen) atoms. The number of unbranched alkanes of at least 4 members (excludes halogenated alkanes) is 5. The van der Waals surface area contributed by atoms with Crippen LogP contribution in [0.4, 0.5) is 0 Å². The fraction of sp³-hybridized carbons (Fsp3) is 0.750. The summed E-state index contributed by atoms with van der Waals surface area (Å²) in [6, 6.07) is 0. The molecule has 0 aromatic rings. The van der Waals surface area contributed by atoms with Gasteiger partial charge in [0.05, 0.1) is 6.61 Å². The second kappa shape index (κ2) is 11.8. The van der Waals surface area contributed by atoms with Gasteiger partial charge >= 0.3 is 5.97 Å². The van der Waals surface area contributed by atoms with Crippen molar-refractivity contribution >= 4 is 21.9 Å². The number of ether oxygens (including phenoxy) is 1. The van der Waals surface area contributed by atoms with E-state index < -0.39 is 0 Å². The maximum Gasteiger partial charge on any atom is 0.330 e. The molecule has 0 amide bonds. The highest BCUT2D eigenvalue weighted by Crippen LogP contribution is 2.06. The van der Waals surface area contributed by atoms with E-state index in [1.807, 2.05) is 13.0 Å². The highest BCUT2D eigenvalue weighted by atomic mass is 79.9. The summed E-state index contributed by atoms with van der Waals surface area (Å²) in [5.41, 5.74) is 0. The average molecular weight is 277 g/mol. The minimum Gasteiger partial charge on any atom is -0.463 e. The first-order valence-corrected chi connectivity index (χ1v) is 6.82. The van der Waals surface area contributed by atoms with Gasteiger partial charge in [0, 0.05) is 11.4 Å². The number of allylic oxidation sites excluding steroid dienone is 1. The third kappa shape index (κ3) is 11.6. The van der Waals surface area contributed by atoms with Crippen LogP contribution >= 0.6 is 15.9 Å². The van der Waals surface area contributed by atoms with Crippen molar-refractivity contribution in [1.82, 2.24) is 0 Å². The Kier molecular flexibility index (Phi) is 11.5. The highest BCUT2D eigenvalue weighted by Gasteiger charge is 1.92. The van der Waals surface area contributed by atoms with Crippen molar-refractivity contribution in [3.63, 3.8) is 0 Å². The molecule has 0 aromatic carbocycles. The molecule has 0 aliphatic heterocycles. The molecule has 0 saturated carbocycles. The van der Waals surface area contributed by atoms with Crippen LogP contribution in [0.25, 0.3) is 0 Å². The van der Waals surface area contributed by atoms with Crippen molar-refractivity contribution in [1.29, 1.82) is 0 Å². The number of carbonyl (C=O) groups is 1. The second-order valence-electron chi connectivity index (χ2n) is 3.40. The van der Waals surface area contributed by atoms with Gasteiger partial charge < -0.3 is 4.74 Å². The van der Waals surface area contributed by atoms with E-state index >= 15 is 0 Å². The second-order valence-corrected chi connectivity index (χ2v) is 4.19. The summed E-state index contributed by atoms with van der Waals surface area (Å²) in [6.07, 6.45) is 10.7. The Labute approximate surface area is 101 Å². The number of rotatable bonds is 9. The van der Waals surface area contributed by atoms with Gasteiger partial charge in [0.1, 0.15) is 0 Å². The summed E-state index contributed by atoms with van der Waals surface area (Å²) in [5.74, 6) is -0.225. The Morgan fingerprint density at radius 1 is 1.20 bits per heavy atom. The molecular weight excluding hydrogens is 256 g/mol. The minimum atomic E-state index is -0.225. The fourth-order valence-corrected chi connectivity index (χ4v) is 1.65. The topological polar surface area (TPSA) is 26.3 Å². The molecule has 3 heteroatoms. The molecule has 2 nitrogen and oxygen atoms in total. The molecule has 0 saturated heterocycles. The molecule has 88 valence electrons. The maximum atomic E-state index is 10.9. The maximum absolute atomic E-state index is 10.9. The first-order chi connectivity index (χ1) is 7.31. The monoisotopic (exact) mass is 276 g/mol. The molecule has 0 aromatic heterocycles. The molecular formula is C12H21BrO2. The van der Waals surface area contributed by atoms with Crippen LogP contribution in [0.1, 0.15) is 45.4 Å². The molecule has 0 atom stereocenters. The Bertz CT molecular complexity index is 178. The van der Waals surface area contributed by atoms with E-state index in [0.717, 1.165) is 18.2 Å². The van der Waals surface area contributed by atoms with Crippen molar-refractivity contribution in [2.75, 3.05) is 11.9 Å². The number of alkyl halides is 1. The SMILES string of the molecule is CCOC(=O)/C=C/CCCCCCCBr. The van der Waals surface area contributed by atoms with Crippen molar-refractivity contribution < 1.29 is 9.53 Å². The van der Waals surface area contributed by atoms with Crippen molar-refractivity contribution in [2.24, 2.45) is 0 Å². The average Bonchev–Trinajstić information content (AvgIpc) is 2.22. The summed E-state index contributed by atoms with van der Waals surface area (Å²) in [5, 5.41) is 1.11. The van der Waals surface area contributed by atoms with Crippen LogP contribution in [-0.4, -0.2) is 17.9 Å². The van der Waals surface area contributed by atoms with Gasteiger partial charge in [0.2, 0.25) is 0 Å². The molecule has 0 rings (SSSR count). The lowest BCUT2D eigenvalue weighted by Crippen LogP contribution is -1.98. The number of halogens is 1. The Hall–Kier alpha value is -0.310. The van der Waals surface area contributed by atoms with E-state index in [1.54, 1.807) is 0 Å². The van der Waals surface area contributed by atoms with Crippen LogP contribution in [0.2, 0.25) is 0 Å². The lowest BCUT2D eigenvalue weighted by atomic mass is 10.1. The quantitative estimate of drug-likeness (QED) is 0.277. The highest BCUT2D eigenvalue weighted by molar-refractivity contribution is 9.09. The third-order valence-corrected chi connectivity index (χ3v) is 2.61. The van der Waals surface area contributed by atoms with E-state index in [2.05, 4.69) is 15.9 Å². The van der Waals surface area contributed by atoms with Gasteiger partial charge in [-0.25, -0.2) is 4.79 Å². The van der Waals surface area contributed by atoms with E-state index in [0.29, 0.717) is 6.61 Å². The molecule has 0 aliphatic rings. The summed E-state index contributed by atoms with van der Waals surface area (Å²) in [6.45, 7) is 2.27. The molecule has 0 radical (unpaired) electrons. The molecule has 0 heterocycles. The fourth-order valence-electron chi connectivity index (χ4n) is 1.26. The van der Waals surface area contributed by atoms with Gasteiger partial charge in [-0.2, -0.15) is 0 Å². The van der Waals surface area contributed by atoms with Gasteiger partial charge in [-0.1, -0.05) is 41.3 Å². The van der Waals surface area contributed by atoms with Crippen molar-refractivity contribution in [2.45, 2.75) is 45.4 Å². The standard InChI is InChI=1S/C12H21BrO2/c1-2-15-12(14)10-8-6-4-3-5-7-9-11-13/h8,10H,2-7,9,11H2,1H3/b10-8+. The molecule has 0 fully saturated rings. The first kappa shape index (κ1) is 14.7. The molecule has 0 unspecified atom stereocenters. The summed E-state index contributed by atoms with van der Waals surface area (Å²) < 4.78 is 4.77. The van der Waals surface area contributed by atoms with E-state index in [9.17, 15) is 4.79 Å². The lowest BCUT2D eigenvalue weighted by molar-refractivity contribution is -0.137. The van der Waals surface area contributed by atoms with Crippen LogP contribution in [-0.2, 0) is 9.53 Å². The Balaban J connectivity index is 3.19. The van der Waals surface area contributed by atoms with Crippen molar-refractivity contribution in [3.8, 4) is 0 Å². The molecule has 0 bridgehead atoms. The van der Waals surface area contributed by atoms with E-state index in [-0.39, 0.29) is 5.97 Å². The van der Waals surface area contributed by atoms with Gasteiger partial charge in [-0.3, -0.25) is 0 Å². The molecule has 0 N–H and O–H groups in total. The number of hydrogen-bond donors (Lipinski definition) is 0. The minimum absolute atomic E-state index is 0.225. The van der Waals surface area contributed by atoms with Crippen molar-refractivity contribution in [3.05, 3.63) is 12.2 Å². The summed E-state index contributed by atoms with van der Waals surface area (Å²) >= 11 is 3.41. The largest absolute Gasteiger partial charge is 0.463 e. The zero-order valence-electron chi connectivity index (χ0n) is 9.51. The predicted molar refractivity (Wildman–Crippen MR) is 67.3 cm³/mol. The first-order valence-electron chi connectivity index (χ1n) is 5.70. The third-order valence-electron chi connectivity index (χ3n) is 2.04. The number of esters is 1. The van der Waals surface area contributed by atoms with Crippen LogP contribution < -0.4 is 0 Å². The summed E-state index contributed by atoms with van der Waals surface area (Å²) in [7, 11) is 0. The Morgan fingerprint density at radius 3 is 2.53 bits per heavy atom. The van der Waals surface area contributed by atoms with Crippen LogP contribution in [0.15, 0.2) is 12.2 Å². The van der Waals surface area contributed by atoms with Gasteiger partial charge in [-0.15, -0.1) is 0 Å². The van der Waals surface area contributed by atoms with Gasteiger partial charge in [0.25, 0.3) is 0 Å². The zero-order valence-corrected chi connectivity index (χ0v) is 11.1. The smallest absolute Gasteiger partial charge is 0.330 e. The molecule has 0 aliphatic carbocycles. The Morgan fingerprint density at radius 2 is 1.87 bits per heavy atom. The number of carbonyl (C=O) groups excluding carboxylic acids is 1. The van der Waals surface area contributed by atoms with E-state index in [1.165, 1.54) is 31.8 Å². The summed E-state index contributed by atoms with van der Waals surface area (Å²) in [4.78, 5) is 10.9. The van der Waals surface area contributed by atoms with Crippen LogP contribution in [0.5, 0.6) is 0 Å². The normalized spacial score (nSPS) is 10.8. The van der Waals surface area contributed by atoms with Gasteiger partial charge in [0.15, 0.2) is 0 Å². The van der Waals surface area contributed by atoms with Crippen LogP contribution in [0, 0.1) is 0 Å². The van der Waals surface area contributed by atoms with Crippen LogP contribution in [0.3, 0.4) is 0 Å². The zero-order chi connectivity index (χ0) is 11.4. The van der Waals surface area contributed by atoms with E-state index in [4.69, 9.17) is 4.74 Å².